The standard InChI is InChI=1S/C20H25N7O/c1-20(13-21)6-8-26(9-7-20)16-12-22-17-18(23-16)24-25-19(17)27-10-11-28-15-5-3-2-4-14(15)27/h2-5,12H,6-11,13,21H2,1H3,(H,23,24,25). The van der Waals surface area contributed by atoms with Crippen LogP contribution in [0.15, 0.2) is 30.5 Å². The lowest BCUT2D eigenvalue weighted by Gasteiger charge is -2.39. The fourth-order valence-electron chi connectivity index (χ4n) is 3.99. The molecule has 1 saturated heterocycles. The van der Waals surface area contributed by atoms with Crippen LogP contribution in [0.2, 0.25) is 0 Å². The van der Waals surface area contributed by atoms with Crippen LogP contribution in [-0.4, -0.2) is 53.0 Å². The maximum atomic E-state index is 5.93. The lowest BCUT2D eigenvalue weighted by molar-refractivity contribution is 0.258. The lowest BCUT2D eigenvalue weighted by atomic mass is 9.80. The minimum absolute atomic E-state index is 0.235. The first kappa shape index (κ1) is 17.2. The number of nitrogens with zero attached hydrogens (tertiary/aromatic N) is 5. The molecule has 0 amide bonds. The molecule has 4 heterocycles. The number of hydrogen-bond donors (Lipinski definition) is 2. The Labute approximate surface area is 163 Å². The molecule has 2 aromatic heterocycles. The van der Waals surface area contributed by atoms with E-state index in [0.29, 0.717) is 12.3 Å². The van der Waals surface area contributed by atoms with Gasteiger partial charge in [-0.25, -0.2) is 9.97 Å². The molecule has 1 fully saturated rings. The minimum atomic E-state index is 0.235. The molecule has 8 nitrogen and oxygen atoms in total. The van der Waals surface area contributed by atoms with Gasteiger partial charge in [0, 0.05) is 13.1 Å². The van der Waals surface area contributed by atoms with Crippen molar-refractivity contribution in [3.8, 4) is 5.75 Å². The molecule has 0 saturated carbocycles. The number of aromatic amines is 1. The zero-order valence-electron chi connectivity index (χ0n) is 16.1. The van der Waals surface area contributed by atoms with Crippen molar-refractivity contribution in [2.24, 2.45) is 11.1 Å². The van der Waals surface area contributed by atoms with E-state index < -0.39 is 0 Å². The monoisotopic (exact) mass is 379 g/mol. The molecule has 0 bridgehead atoms. The van der Waals surface area contributed by atoms with Crippen molar-refractivity contribution in [1.29, 1.82) is 0 Å². The maximum Gasteiger partial charge on any atom is 0.183 e. The number of nitrogens with one attached hydrogen (secondary N) is 1. The topological polar surface area (TPSA) is 96.2 Å². The molecule has 146 valence electrons. The molecular weight excluding hydrogens is 354 g/mol. The van der Waals surface area contributed by atoms with E-state index in [9.17, 15) is 0 Å². The molecule has 2 aliphatic rings. The number of ether oxygens (including phenoxy) is 1. The number of anilines is 3. The summed E-state index contributed by atoms with van der Waals surface area (Å²) in [5, 5.41) is 7.60. The first-order valence-corrected chi connectivity index (χ1v) is 9.82. The summed E-state index contributed by atoms with van der Waals surface area (Å²) in [6, 6.07) is 8.00. The molecule has 28 heavy (non-hydrogen) atoms. The van der Waals surface area contributed by atoms with Crippen LogP contribution in [-0.2, 0) is 0 Å². The smallest absolute Gasteiger partial charge is 0.183 e. The normalized spacial score (nSPS) is 18.8. The van der Waals surface area contributed by atoms with Crippen molar-refractivity contribution in [3.63, 3.8) is 0 Å². The molecule has 3 aromatic rings. The van der Waals surface area contributed by atoms with Gasteiger partial charge in [0.2, 0.25) is 0 Å². The Bertz CT molecular complexity index is 993. The number of hydrogen-bond acceptors (Lipinski definition) is 7. The lowest BCUT2D eigenvalue weighted by Crippen LogP contribution is -2.42. The van der Waals surface area contributed by atoms with Gasteiger partial charge in [0.25, 0.3) is 0 Å². The molecule has 0 atom stereocenters. The average molecular weight is 379 g/mol. The predicted octanol–water partition coefficient (Wildman–Crippen LogP) is 2.45. The molecule has 2 aliphatic heterocycles. The molecule has 0 unspecified atom stereocenters. The van der Waals surface area contributed by atoms with Crippen LogP contribution in [0.25, 0.3) is 11.2 Å². The summed E-state index contributed by atoms with van der Waals surface area (Å²) in [4.78, 5) is 13.9. The molecule has 1 aromatic carbocycles. The van der Waals surface area contributed by atoms with E-state index >= 15 is 0 Å². The number of nitrogens with two attached hydrogens (primary N) is 1. The van der Waals surface area contributed by atoms with Crippen molar-refractivity contribution in [3.05, 3.63) is 30.5 Å². The predicted molar refractivity (Wildman–Crippen MR) is 109 cm³/mol. The van der Waals surface area contributed by atoms with Crippen molar-refractivity contribution >= 4 is 28.5 Å². The van der Waals surface area contributed by atoms with E-state index in [4.69, 9.17) is 20.4 Å². The van der Waals surface area contributed by atoms with E-state index in [2.05, 4.69) is 26.9 Å². The number of rotatable bonds is 3. The quantitative estimate of drug-likeness (QED) is 0.721. The van der Waals surface area contributed by atoms with Crippen LogP contribution in [0.3, 0.4) is 0 Å². The van der Waals surface area contributed by atoms with Gasteiger partial charge in [0.05, 0.1) is 18.4 Å². The third kappa shape index (κ3) is 2.84. The zero-order chi connectivity index (χ0) is 19.1. The summed E-state index contributed by atoms with van der Waals surface area (Å²) in [5.74, 6) is 2.55. The highest BCUT2D eigenvalue weighted by Crippen LogP contribution is 2.38. The van der Waals surface area contributed by atoms with Crippen LogP contribution >= 0.6 is 0 Å². The summed E-state index contributed by atoms with van der Waals surface area (Å²) >= 11 is 0. The molecule has 0 radical (unpaired) electrons. The van der Waals surface area contributed by atoms with E-state index in [0.717, 1.165) is 67.6 Å². The Balaban J connectivity index is 1.44. The molecule has 8 heteroatoms. The third-order valence-corrected chi connectivity index (χ3v) is 6.01. The Morgan fingerprint density at radius 1 is 1.21 bits per heavy atom. The van der Waals surface area contributed by atoms with E-state index in [1.54, 1.807) is 0 Å². The SMILES string of the molecule is CC1(CN)CCN(c2cnc3c(N4CCOc5ccccc54)n[nH]c3n2)CC1. The second kappa shape index (κ2) is 6.63. The molecule has 5 rings (SSSR count). The van der Waals surface area contributed by atoms with Gasteiger partial charge in [0.15, 0.2) is 17.0 Å². The second-order valence-corrected chi connectivity index (χ2v) is 7.94. The highest BCUT2D eigenvalue weighted by Gasteiger charge is 2.30. The van der Waals surface area contributed by atoms with Crippen molar-refractivity contribution < 1.29 is 4.74 Å². The highest BCUT2D eigenvalue weighted by molar-refractivity contribution is 5.88. The van der Waals surface area contributed by atoms with Crippen molar-refractivity contribution in [2.75, 3.05) is 42.6 Å². The summed E-state index contributed by atoms with van der Waals surface area (Å²) < 4.78 is 5.76. The number of fused-ring (bicyclic) bond motifs is 2. The number of aromatic nitrogens is 4. The van der Waals surface area contributed by atoms with Crippen LogP contribution in [0.1, 0.15) is 19.8 Å². The minimum Gasteiger partial charge on any atom is -0.490 e. The number of piperidine rings is 1. The highest BCUT2D eigenvalue weighted by atomic mass is 16.5. The van der Waals surface area contributed by atoms with Gasteiger partial charge in [-0.15, -0.1) is 0 Å². The van der Waals surface area contributed by atoms with E-state index in [1.165, 1.54) is 0 Å². The third-order valence-electron chi connectivity index (χ3n) is 6.01. The Morgan fingerprint density at radius 3 is 2.86 bits per heavy atom. The van der Waals surface area contributed by atoms with Crippen LogP contribution in [0.4, 0.5) is 17.3 Å². The first-order chi connectivity index (χ1) is 13.7. The van der Waals surface area contributed by atoms with Gasteiger partial charge < -0.3 is 20.3 Å². The maximum absolute atomic E-state index is 5.93. The molecule has 0 aliphatic carbocycles. The molecule has 0 spiro atoms. The van der Waals surface area contributed by atoms with Gasteiger partial charge in [-0.2, -0.15) is 5.10 Å². The van der Waals surface area contributed by atoms with Crippen LogP contribution < -0.4 is 20.3 Å². The number of H-pyrrole nitrogens is 1. The molecular formula is C20H25N7O. The van der Waals surface area contributed by atoms with Gasteiger partial charge in [-0.05, 0) is 36.9 Å². The number of para-hydroxylation sites is 2. The van der Waals surface area contributed by atoms with Gasteiger partial charge >= 0.3 is 0 Å². The summed E-state index contributed by atoms with van der Waals surface area (Å²) in [6.45, 7) is 6.24. The van der Waals surface area contributed by atoms with Crippen LogP contribution in [0.5, 0.6) is 5.75 Å². The summed E-state index contributed by atoms with van der Waals surface area (Å²) in [5.41, 5.74) is 8.66. The Morgan fingerprint density at radius 2 is 2.04 bits per heavy atom. The number of benzene rings is 1. The van der Waals surface area contributed by atoms with E-state index in [-0.39, 0.29) is 5.41 Å². The summed E-state index contributed by atoms with van der Waals surface area (Å²) in [7, 11) is 0. The second-order valence-electron chi connectivity index (χ2n) is 7.94. The average Bonchev–Trinajstić information content (AvgIpc) is 3.17. The first-order valence-electron chi connectivity index (χ1n) is 9.82. The zero-order valence-corrected chi connectivity index (χ0v) is 16.1. The van der Waals surface area contributed by atoms with Crippen molar-refractivity contribution in [1.82, 2.24) is 20.2 Å². The summed E-state index contributed by atoms with van der Waals surface area (Å²) in [6.07, 6.45) is 4.00. The van der Waals surface area contributed by atoms with Gasteiger partial charge in [-0.1, -0.05) is 19.1 Å². The van der Waals surface area contributed by atoms with Crippen LogP contribution in [0, 0.1) is 5.41 Å². The fourth-order valence-corrected chi connectivity index (χ4v) is 3.99. The van der Waals surface area contributed by atoms with E-state index in [1.807, 2.05) is 30.5 Å². The molecule has 3 N–H and O–H groups in total. The van der Waals surface area contributed by atoms with Crippen molar-refractivity contribution in [2.45, 2.75) is 19.8 Å². The van der Waals surface area contributed by atoms with Gasteiger partial charge in [0.1, 0.15) is 18.2 Å². The fraction of sp³-hybridized carbons (Fsp3) is 0.450. The Kier molecular flexibility index (Phi) is 4.08. The largest absolute Gasteiger partial charge is 0.490 e. The Hall–Kier alpha value is -2.87. The van der Waals surface area contributed by atoms with Gasteiger partial charge in [-0.3, -0.25) is 5.10 Å².